The fraction of sp³-hybridized carbons (Fsp3) is 0.438. The average Bonchev–Trinajstić information content (AvgIpc) is 2.91. The Morgan fingerprint density at radius 3 is 2.64 bits per heavy atom. The summed E-state index contributed by atoms with van der Waals surface area (Å²) in [7, 11) is 0. The summed E-state index contributed by atoms with van der Waals surface area (Å²) in [5.41, 5.74) is 1.39. The maximum absolute atomic E-state index is 13.1. The first kappa shape index (κ1) is 18.4. The molecule has 1 aromatic rings. The number of benzene rings is 1. The Labute approximate surface area is 151 Å². The lowest BCUT2D eigenvalue weighted by molar-refractivity contribution is -0.188. The van der Waals surface area contributed by atoms with Gasteiger partial charge in [0.15, 0.2) is 0 Å². The van der Waals surface area contributed by atoms with E-state index >= 15 is 0 Å². The molecule has 1 saturated heterocycles. The first-order chi connectivity index (χ1) is 11.6. The van der Waals surface area contributed by atoms with Crippen LogP contribution in [-0.4, -0.2) is 48.4 Å². The van der Waals surface area contributed by atoms with Gasteiger partial charge in [-0.15, -0.1) is 0 Å². The van der Waals surface area contributed by atoms with Gasteiger partial charge < -0.3 is 9.84 Å². The molecule has 2 aliphatic rings. The molecule has 136 valence electrons. The van der Waals surface area contributed by atoms with E-state index in [1.807, 2.05) is 0 Å². The molecule has 0 spiro atoms. The van der Waals surface area contributed by atoms with Crippen molar-refractivity contribution in [2.24, 2.45) is 11.8 Å². The van der Waals surface area contributed by atoms with Crippen LogP contribution in [0.2, 0.25) is 10.0 Å². The zero-order chi connectivity index (χ0) is 18.4. The minimum absolute atomic E-state index is 0.153. The Balaban J connectivity index is 1.77. The minimum Gasteiger partial charge on any atom is -0.487 e. The Morgan fingerprint density at radius 2 is 2.04 bits per heavy atom. The van der Waals surface area contributed by atoms with Crippen LogP contribution in [0.3, 0.4) is 0 Å². The molecule has 0 saturated carbocycles. The highest BCUT2D eigenvalue weighted by Gasteiger charge is 2.52. The molecule has 3 rings (SSSR count). The Bertz CT molecular complexity index is 736. The number of fused-ring (bicyclic) bond motifs is 1. The van der Waals surface area contributed by atoms with E-state index in [-0.39, 0.29) is 26.2 Å². The number of halogens is 5. The molecule has 9 heteroatoms. The maximum Gasteiger partial charge on any atom is 0.393 e. The van der Waals surface area contributed by atoms with E-state index in [1.54, 1.807) is 18.2 Å². The number of ether oxygens (including phenoxy) is 1. The van der Waals surface area contributed by atoms with Crippen molar-refractivity contribution in [3.05, 3.63) is 33.3 Å². The molecule has 1 N–H and O–H groups in total. The third-order valence-electron chi connectivity index (χ3n) is 4.36. The van der Waals surface area contributed by atoms with E-state index < -0.39 is 24.0 Å². The highest BCUT2D eigenvalue weighted by atomic mass is 35.5. The molecule has 4 nitrogen and oxygen atoms in total. The van der Waals surface area contributed by atoms with Gasteiger partial charge in [0, 0.05) is 30.2 Å². The van der Waals surface area contributed by atoms with Crippen LogP contribution in [-0.2, 0) is 4.79 Å². The molecule has 2 heterocycles. The molecule has 0 unspecified atom stereocenters. The summed E-state index contributed by atoms with van der Waals surface area (Å²) in [4.78, 5) is 12.6. The minimum atomic E-state index is -4.54. The van der Waals surface area contributed by atoms with Crippen molar-refractivity contribution >= 4 is 35.2 Å². The number of carboxylic acids is 1. The summed E-state index contributed by atoms with van der Waals surface area (Å²) in [6, 6.07) is 3.21. The molecule has 1 aromatic carbocycles. The molecule has 25 heavy (non-hydrogen) atoms. The van der Waals surface area contributed by atoms with E-state index in [9.17, 15) is 18.0 Å². The zero-order valence-electron chi connectivity index (χ0n) is 12.8. The summed E-state index contributed by atoms with van der Waals surface area (Å²) in [5, 5.41) is 9.85. The lowest BCUT2D eigenvalue weighted by atomic mass is 9.96. The van der Waals surface area contributed by atoms with Crippen LogP contribution in [0.1, 0.15) is 5.56 Å². The van der Waals surface area contributed by atoms with Crippen LogP contribution >= 0.6 is 23.2 Å². The van der Waals surface area contributed by atoms with Gasteiger partial charge in [-0.3, -0.25) is 9.69 Å². The molecule has 0 radical (unpaired) electrons. The van der Waals surface area contributed by atoms with Crippen molar-refractivity contribution < 1.29 is 27.8 Å². The summed E-state index contributed by atoms with van der Waals surface area (Å²) in [5.74, 6) is -4.28. The predicted octanol–water partition coefficient (Wildman–Crippen LogP) is 3.96. The zero-order valence-corrected chi connectivity index (χ0v) is 14.3. The summed E-state index contributed by atoms with van der Waals surface area (Å²) < 4.78 is 44.7. The number of rotatable bonds is 3. The second-order valence-corrected chi connectivity index (χ2v) is 7.03. The summed E-state index contributed by atoms with van der Waals surface area (Å²) >= 11 is 12.0. The molecule has 0 amide bonds. The molecular weight excluding hydrogens is 382 g/mol. The van der Waals surface area contributed by atoms with Crippen LogP contribution in [0.5, 0.6) is 5.75 Å². The Kier molecular flexibility index (Phi) is 4.92. The van der Waals surface area contributed by atoms with Gasteiger partial charge in [-0.2, -0.15) is 13.2 Å². The number of carboxylic acid groups (broad SMARTS) is 1. The third-order valence-corrected chi connectivity index (χ3v) is 4.86. The Hall–Kier alpha value is -1.44. The van der Waals surface area contributed by atoms with Crippen LogP contribution < -0.4 is 4.74 Å². The van der Waals surface area contributed by atoms with E-state index in [0.717, 1.165) is 5.57 Å². The molecule has 0 aromatic heterocycles. The first-order valence-corrected chi connectivity index (χ1v) is 8.24. The van der Waals surface area contributed by atoms with Gasteiger partial charge in [0.25, 0.3) is 0 Å². The maximum atomic E-state index is 13.1. The summed E-state index contributed by atoms with van der Waals surface area (Å²) in [6.07, 6.45) is -2.77. The third kappa shape index (κ3) is 3.88. The number of hydrogen-bond donors (Lipinski definition) is 1. The molecular formula is C16H14Cl2F3NO3. The molecule has 0 aliphatic carbocycles. The SMILES string of the molecule is O=C(O)[C@@H]1CN(CC2=Cc3cc(Cl)cc(Cl)c3OC2)C[C@H]1C(F)(F)F. The van der Waals surface area contributed by atoms with E-state index in [1.165, 1.54) is 4.90 Å². The number of nitrogens with zero attached hydrogens (tertiary/aromatic N) is 1. The van der Waals surface area contributed by atoms with Gasteiger partial charge >= 0.3 is 12.1 Å². The smallest absolute Gasteiger partial charge is 0.393 e. The average molecular weight is 396 g/mol. The van der Waals surface area contributed by atoms with Crippen molar-refractivity contribution in [3.63, 3.8) is 0 Å². The first-order valence-electron chi connectivity index (χ1n) is 7.48. The van der Waals surface area contributed by atoms with E-state index in [4.69, 9.17) is 33.0 Å². The lowest BCUT2D eigenvalue weighted by Gasteiger charge is -2.23. The highest BCUT2D eigenvalue weighted by molar-refractivity contribution is 6.36. The van der Waals surface area contributed by atoms with Gasteiger partial charge in [-0.25, -0.2) is 0 Å². The molecule has 2 aliphatic heterocycles. The quantitative estimate of drug-likeness (QED) is 0.841. The van der Waals surface area contributed by atoms with Crippen LogP contribution in [0, 0.1) is 11.8 Å². The van der Waals surface area contributed by atoms with Crippen LogP contribution in [0.15, 0.2) is 17.7 Å². The number of hydrogen-bond acceptors (Lipinski definition) is 3. The van der Waals surface area contributed by atoms with Gasteiger partial charge in [0.05, 0.1) is 16.9 Å². The Morgan fingerprint density at radius 1 is 1.32 bits per heavy atom. The second-order valence-electron chi connectivity index (χ2n) is 6.18. The normalized spacial score (nSPS) is 23.8. The van der Waals surface area contributed by atoms with Crippen LogP contribution in [0.25, 0.3) is 6.08 Å². The van der Waals surface area contributed by atoms with E-state index in [0.29, 0.717) is 21.4 Å². The fourth-order valence-electron chi connectivity index (χ4n) is 3.24. The second kappa shape index (κ2) is 6.70. The van der Waals surface area contributed by atoms with Crippen molar-refractivity contribution in [1.29, 1.82) is 0 Å². The number of alkyl halides is 3. The number of aliphatic carboxylic acids is 1. The topological polar surface area (TPSA) is 49.8 Å². The largest absolute Gasteiger partial charge is 0.487 e. The van der Waals surface area contributed by atoms with E-state index in [2.05, 4.69) is 0 Å². The number of carbonyl (C=O) groups is 1. The molecule has 2 atom stereocenters. The van der Waals surface area contributed by atoms with Crippen molar-refractivity contribution in [2.45, 2.75) is 6.18 Å². The van der Waals surface area contributed by atoms with Gasteiger partial charge in [-0.1, -0.05) is 23.2 Å². The van der Waals surface area contributed by atoms with Crippen molar-refractivity contribution in [1.82, 2.24) is 4.90 Å². The van der Waals surface area contributed by atoms with Gasteiger partial charge in [-0.05, 0) is 23.8 Å². The van der Waals surface area contributed by atoms with Crippen LogP contribution in [0.4, 0.5) is 13.2 Å². The van der Waals surface area contributed by atoms with Crippen molar-refractivity contribution in [2.75, 3.05) is 26.2 Å². The standard InChI is InChI=1S/C16H14Cl2F3NO3/c17-10-2-9-1-8(7-25-14(9)13(18)3-10)4-22-5-11(15(23)24)12(6-22)16(19,20)21/h1-3,11-12H,4-7H2,(H,23,24)/t11-,12-/m1/s1. The summed E-state index contributed by atoms with van der Waals surface area (Å²) in [6.45, 7) is -0.125. The number of likely N-dealkylation sites (tertiary alicyclic amines) is 1. The highest BCUT2D eigenvalue weighted by Crippen LogP contribution is 2.39. The molecule has 0 bridgehead atoms. The van der Waals surface area contributed by atoms with Crippen molar-refractivity contribution in [3.8, 4) is 5.75 Å². The lowest BCUT2D eigenvalue weighted by Crippen LogP contribution is -2.33. The molecule has 1 fully saturated rings. The van der Waals surface area contributed by atoms with Gasteiger partial charge in [0.1, 0.15) is 12.4 Å². The predicted molar refractivity (Wildman–Crippen MR) is 87.0 cm³/mol. The van der Waals surface area contributed by atoms with Gasteiger partial charge in [0.2, 0.25) is 0 Å². The monoisotopic (exact) mass is 395 g/mol. The fourth-order valence-corrected chi connectivity index (χ4v) is 3.80.